The summed E-state index contributed by atoms with van der Waals surface area (Å²) in [6, 6.07) is 6.34. The molecule has 0 aromatic heterocycles. The molecule has 0 amide bonds. The van der Waals surface area contributed by atoms with Crippen LogP contribution in [0.2, 0.25) is 0 Å². The summed E-state index contributed by atoms with van der Waals surface area (Å²) < 4.78 is 26.3. The number of hydrogen-bond acceptors (Lipinski definition) is 1. The minimum absolute atomic E-state index is 0.0400. The maximum absolute atomic E-state index is 13.2. The fraction of sp³-hybridized carbons (Fsp3) is 0.478. The highest BCUT2D eigenvalue weighted by atomic mass is 19.3. The third-order valence-corrected chi connectivity index (χ3v) is 4.91. The van der Waals surface area contributed by atoms with Gasteiger partial charge in [-0.1, -0.05) is 50.2 Å². The lowest BCUT2D eigenvalue weighted by atomic mass is 9.57. The highest BCUT2D eigenvalue weighted by Crippen LogP contribution is 2.31. The first-order valence-electron chi connectivity index (χ1n) is 9.64. The van der Waals surface area contributed by atoms with Gasteiger partial charge in [-0.2, -0.15) is 0 Å². The average Bonchev–Trinajstić information content (AvgIpc) is 2.51. The molecule has 0 aliphatic carbocycles. The molecule has 27 heavy (non-hydrogen) atoms. The highest BCUT2D eigenvalue weighted by molar-refractivity contribution is 6.38. The summed E-state index contributed by atoms with van der Waals surface area (Å²) in [5, 5.41) is 3.16. The summed E-state index contributed by atoms with van der Waals surface area (Å²) in [4.78, 5) is 0. The van der Waals surface area contributed by atoms with Gasteiger partial charge in [0.2, 0.25) is 0 Å². The van der Waals surface area contributed by atoms with Gasteiger partial charge in [-0.3, -0.25) is 0 Å². The van der Waals surface area contributed by atoms with Gasteiger partial charge in [-0.25, -0.2) is 8.78 Å². The van der Waals surface area contributed by atoms with Crippen molar-refractivity contribution in [1.29, 1.82) is 0 Å². The van der Waals surface area contributed by atoms with Gasteiger partial charge in [0, 0.05) is 5.70 Å². The molecule has 1 heterocycles. The van der Waals surface area contributed by atoms with E-state index >= 15 is 0 Å². The molecule has 145 valence electrons. The Kier molecular flexibility index (Phi) is 7.08. The number of alkyl halides is 2. The third-order valence-electron chi connectivity index (χ3n) is 4.91. The second kappa shape index (κ2) is 8.90. The molecule has 0 saturated heterocycles. The maximum atomic E-state index is 13.2. The van der Waals surface area contributed by atoms with Crippen LogP contribution in [0.15, 0.2) is 49.2 Å². The number of fused-ring (bicyclic) bond motifs is 1. The molecule has 1 aromatic rings. The van der Waals surface area contributed by atoms with Crippen LogP contribution >= 0.6 is 0 Å². The Bertz CT molecular complexity index is 718. The van der Waals surface area contributed by atoms with Crippen molar-refractivity contribution in [2.75, 3.05) is 0 Å². The zero-order valence-electron chi connectivity index (χ0n) is 16.9. The fourth-order valence-electron chi connectivity index (χ4n) is 3.97. The lowest BCUT2D eigenvalue weighted by Gasteiger charge is -2.29. The second-order valence-electron chi connectivity index (χ2n) is 8.26. The summed E-state index contributed by atoms with van der Waals surface area (Å²) in [5.41, 5.74) is 6.56. The van der Waals surface area contributed by atoms with Gasteiger partial charge in [-0.15, -0.1) is 6.58 Å². The number of allylic oxidation sites excluding steroid dienone is 3. The Labute approximate surface area is 163 Å². The largest absolute Gasteiger partial charge is 0.394 e. The first-order valence-corrected chi connectivity index (χ1v) is 9.64. The molecular formula is C23H31BF2N. The van der Waals surface area contributed by atoms with Gasteiger partial charge in [0.05, 0.1) is 6.42 Å². The molecule has 1 aliphatic rings. The van der Waals surface area contributed by atoms with Crippen LogP contribution in [0.4, 0.5) is 8.78 Å². The van der Waals surface area contributed by atoms with Gasteiger partial charge in [0.1, 0.15) is 7.28 Å². The smallest absolute Gasteiger partial charge is 0.250 e. The van der Waals surface area contributed by atoms with E-state index in [1.807, 2.05) is 0 Å². The molecule has 1 nitrogen and oxygen atoms in total. The quantitative estimate of drug-likeness (QED) is 0.420. The third kappa shape index (κ3) is 6.68. The first-order chi connectivity index (χ1) is 12.5. The van der Waals surface area contributed by atoms with Crippen molar-refractivity contribution in [3.05, 3.63) is 65.9 Å². The van der Waals surface area contributed by atoms with Crippen molar-refractivity contribution in [2.24, 2.45) is 5.92 Å². The van der Waals surface area contributed by atoms with E-state index in [0.717, 1.165) is 38.1 Å². The zero-order valence-corrected chi connectivity index (χ0v) is 16.9. The average molecular weight is 370 g/mol. The Morgan fingerprint density at radius 2 is 2.00 bits per heavy atom. The number of nitrogens with one attached hydrogen (secondary N) is 1. The molecule has 2 rings (SSSR count). The minimum Gasteiger partial charge on any atom is -0.394 e. The maximum Gasteiger partial charge on any atom is 0.250 e. The van der Waals surface area contributed by atoms with E-state index in [2.05, 4.69) is 64.4 Å². The lowest BCUT2D eigenvalue weighted by molar-refractivity contribution is 0.0211. The number of halogens is 2. The van der Waals surface area contributed by atoms with Crippen LogP contribution in [-0.2, 0) is 12.7 Å². The van der Waals surface area contributed by atoms with Crippen molar-refractivity contribution in [1.82, 2.24) is 5.32 Å². The molecule has 0 spiro atoms. The van der Waals surface area contributed by atoms with Gasteiger partial charge < -0.3 is 5.32 Å². The molecule has 1 aliphatic heterocycles. The van der Waals surface area contributed by atoms with Crippen molar-refractivity contribution < 1.29 is 8.78 Å². The molecule has 1 N–H and O–H groups in total. The molecular weight excluding hydrogens is 339 g/mol. The molecule has 2 atom stereocenters. The molecule has 4 heteroatoms. The summed E-state index contributed by atoms with van der Waals surface area (Å²) >= 11 is 0. The Hall–Kier alpha value is -1.84. The second-order valence-corrected chi connectivity index (χ2v) is 8.26. The van der Waals surface area contributed by atoms with Crippen LogP contribution in [0.25, 0.3) is 5.57 Å². The Morgan fingerprint density at radius 3 is 2.63 bits per heavy atom. The van der Waals surface area contributed by atoms with E-state index in [1.54, 1.807) is 0 Å². The lowest BCUT2D eigenvalue weighted by Crippen LogP contribution is -2.41. The van der Waals surface area contributed by atoms with Crippen LogP contribution < -0.4 is 5.32 Å². The van der Waals surface area contributed by atoms with E-state index in [0.29, 0.717) is 11.6 Å². The van der Waals surface area contributed by atoms with Crippen LogP contribution in [0.5, 0.6) is 0 Å². The molecule has 2 unspecified atom stereocenters. The van der Waals surface area contributed by atoms with E-state index in [1.165, 1.54) is 22.3 Å². The van der Waals surface area contributed by atoms with Crippen molar-refractivity contribution >= 4 is 12.9 Å². The monoisotopic (exact) mass is 370 g/mol. The van der Waals surface area contributed by atoms with E-state index < -0.39 is 5.92 Å². The predicted octanol–water partition coefficient (Wildman–Crippen LogP) is 5.93. The Morgan fingerprint density at radius 1 is 1.30 bits per heavy atom. The summed E-state index contributed by atoms with van der Waals surface area (Å²) in [5.74, 6) is -2.17. The summed E-state index contributed by atoms with van der Waals surface area (Å²) in [7, 11) is 2.16. The molecule has 1 aromatic carbocycles. The Balaban J connectivity index is 2.04. The minimum atomic E-state index is -2.73. The van der Waals surface area contributed by atoms with Gasteiger partial charge >= 0.3 is 0 Å². The van der Waals surface area contributed by atoms with Crippen LogP contribution in [0.1, 0.15) is 56.7 Å². The number of rotatable bonds is 9. The summed E-state index contributed by atoms with van der Waals surface area (Å²) in [6.45, 7) is 17.3. The summed E-state index contributed by atoms with van der Waals surface area (Å²) in [6.07, 6.45) is 3.23. The zero-order chi connectivity index (χ0) is 20.2. The number of benzene rings is 1. The molecule has 0 bridgehead atoms. The normalized spacial score (nSPS) is 17.4. The van der Waals surface area contributed by atoms with Crippen LogP contribution in [0, 0.1) is 5.92 Å². The van der Waals surface area contributed by atoms with Crippen molar-refractivity contribution in [2.45, 2.75) is 64.6 Å². The van der Waals surface area contributed by atoms with Gasteiger partial charge in [0.25, 0.3) is 5.92 Å². The van der Waals surface area contributed by atoms with Crippen molar-refractivity contribution in [3.8, 4) is 0 Å². The topological polar surface area (TPSA) is 12.0 Å². The van der Waals surface area contributed by atoms with Crippen LogP contribution in [0.3, 0.4) is 0 Å². The van der Waals surface area contributed by atoms with E-state index in [-0.39, 0.29) is 12.4 Å². The van der Waals surface area contributed by atoms with Gasteiger partial charge in [0.15, 0.2) is 0 Å². The standard InChI is InChI=1S/C23H31BF2N/c1-15(2)10-16(3)11-17(4)20-9-7-8-19-12-22(24-14-21(19)20)27-18(5)13-23(6,25)26/h7-9,16,22,27H,1,4-5,10-14H2,2-3,6H3. The van der Waals surface area contributed by atoms with Crippen molar-refractivity contribution in [3.63, 3.8) is 0 Å². The predicted molar refractivity (Wildman–Crippen MR) is 113 cm³/mol. The molecule has 0 fully saturated rings. The first kappa shape index (κ1) is 21.5. The van der Waals surface area contributed by atoms with E-state index in [4.69, 9.17) is 0 Å². The SMILES string of the molecule is C=C(C)CC(C)CC(=C)c1cccc2c1C[B]C(NC(=C)CC(C)(F)F)C2. The molecule has 0 saturated carbocycles. The van der Waals surface area contributed by atoms with Crippen LogP contribution in [-0.4, -0.2) is 19.1 Å². The number of hydrogen-bond donors (Lipinski definition) is 1. The fourth-order valence-corrected chi connectivity index (χ4v) is 3.97. The van der Waals surface area contributed by atoms with E-state index in [9.17, 15) is 8.78 Å². The highest BCUT2D eigenvalue weighted by Gasteiger charge is 2.26. The molecule has 1 radical (unpaired) electrons. The van der Waals surface area contributed by atoms with Gasteiger partial charge in [-0.05, 0) is 67.2 Å².